The summed E-state index contributed by atoms with van der Waals surface area (Å²) < 4.78 is 18.1. The van der Waals surface area contributed by atoms with Crippen molar-refractivity contribution in [3.8, 4) is 0 Å². The van der Waals surface area contributed by atoms with E-state index in [1.54, 1.807) is 6.92 Å². The maximum atomic E-state index is 9.93. The minimum atomic E-state index is -2.83. The van der Waals surface area contributed by atoms with Gasteiger partial charge in [-0.25, -0.2) is 4.21 Å². The van der Waals surface area contributed by atoms with Crippen molar-refractivity contribution >= 4 is 20.0 Å². The minimum Gasteiger partial charge on any atom is -0.314 e. The second kappa shape index (κ2) is 6.73. The van der Waals surface area contributed by atoms with Crippen LogP contribution in [0.4, 0.5) is 0 Å². The summed E-state index contributed by atoms with van der Waals surface area (Å²) in [6.45, 7) is 6.13. The van der Waals surface area contributed by atoms with E-state index in [-0.39, 0.29) is 5.75 Å². The standard InChI is InChI=1S/C4H10N2.C2H6O2S2/c1-2-6-4-3-5-1;1-2-6(3,4)5/h5-6H,1-4H2;2H2,1H3,(H,3,4,5). The van der Waals surface area contributed by atoms with Crippen LogP contribution in [0.3, 0.4) is 0 Å². The molecule has 1 aliphatic heterocycles. The smallest absolute Gasteiger partial charge is 0.141 e. The van der Waals surface area contributed by atoms with Crippen LogP contribution >= 0.6 is 0 Å². The van der Waals surface area contributed by atoms with E-state index < -0.39 is 8.77 Å². The van der Waals surface area contributed by atoms with Crippen LogP contribution in [0.15, 0.2) is 0 Å². The van der Waals surface area contributed by atoms with Crippen LogP contribution < -0.4 is 10.6 Å². The zero-order valence-corrected chi connectivity index (χ0v) is 8.84. The van der Waals surface area contributed by atoms with Crippen molar-refractivity contribution in [1.29, 1.82) is 0 Å². The highest BCUT2D eigenvalue weighted by molar-refractivity contribution is 8.29. The summed E-state index contributed by atoms with van der Waals surface area (Å²) in [5.74, 6) is 0.169. The quantitative estimate of drug-likeness (QED) is 0.542. The van der Waals surface area contributed by atoms with Gasteiger partial charge in [0.05, 0.1) is 0 Å². The van der Waals surface area contributed by atoms with E-state index in [2.05, 4.69) is 21.8 Å². The molecule has 1 heterocycles. The molecule has 0 amide bonds. The highest BCUT2D eigenvalue weighted by Gasteiger charge is 1.91. The van der Waals surface area contributed by atoms with E-state index in [0.717, 1.165) is 26.2 Å². The fourth-order valence-electron chi connectivity index (χ4n) is 0.604. The predicted octanol–water partition coefficient (Wildman–Crippen LogP) is -0.595. The molecule has 1 aliphatic rings. The van der Waals surface area contributed by atoms with Gasteiger partial charge in [-0.2, -0.15) is 0 Å². The number of nitrogens with one attached hydrogen (secondary N) is 2. The average Bonchev–Trinajstić information content (AvgIpc) is 2.07. The lowest BCUT2D eigenvalue weighted by Gasteiger charge is -2.11. The van der Waals surface area contributed by atoms with E-state index >= 15 is 0 Å². The lowest BCUT2D eigenvalue weighted by atomic mass is 10.4. The molecular weight excluding hydrogens is 196 g/mol. The Bertz CT molecular complexity index is 176. The first kappa shape index (κ1) is 12.2. The summed E-state index contributed by atoms with van der Waals surface area (Å²) in [5, 5.41) is 6.44. The molecule has 12 heavy (non-hydrogen) atoms. The second-order valence-corrected chi connectivity index (χ2v) is 5.67. The van der Waals surface area contributed by atoms with Crippen molar-refractivity contribution in [2.45, 2.75) is 6.92 Å². The first-order valence-electron chi connectivity index (χ1n) is 3.93. The Kier molecular flexibility index (Phi) is 6.87. The fourth-order valence-corrected chi connectivity index (χ4v) is 0.604. The SMILES string of the molecule is C1CNCCN1.CCS(=O)(O)=S. The van der Waals surface area contributed by atoms with Gasteiger partial charge in [0.25, 0.3) is 0 Å². The van der Waals surface area contributed by atoms with Crippen LogP contribution in [-0.4, -0.2) is 40.7 Å². The first-order valence-corrected chi connectivity index (χ1v) is 6.54. The van der Waals surface area contributed by atoms with E-state index in [1.165, 1.54) is 0 Å². The molecule has 1 rings (SSSR count). The van der Waals surface area contributed by atoms with Crippen LogP contribution in [0.2, 0.25) is 0 Å². The van der Waals surface area contributed by atoms with Gasteiger partial charge in [0.1, 0.15) is 8.77 Å². The molecular formula is C6H16N2O2S2. The summed E-state index contributed by atoms with van der Waals surface area (Å²) in [6.07, 6.45) is 0. The van der Waals surface area contributed by atoms with Crippen molar-refractivity contribution in [3.05, 3.63) is 0 Å². The molecule has 74 valence electrons. The molecule has 0 aromatic rings. The van der Waals surface area contributed by atoms with Crippen LogP contribution in [-0.2, 0) is 20.0 Å². The third kappa shape index (κ3) is 10.2. The molecule has 6 heteroatoms. The van der Waals surface area contributed by atoms with Crippen molar-refractivity contribution in [3.63, 3.8) is 0 Å². The molecule has 0 aromatic heterocycles. The number of rotatable bonds is 1. The summed E-state index contributed by atoms with van der Waals surface area (Å²) >= 11 is 4.07. The van der Waals surface area contributed by atoms with Gasteiger partial charge in [0, 0.05) is 43.1 Å². The molecule has 0 spiro atoms. The fraction of sp³-hybridized carbons (Fsp3) is 1.00. The molecule has 1 saturated heterocycles. The maximum absolute atomic E-state index is 9.93. The third-order valence-corrected chi connectivity index (χ3v) is 2.76. The Morgan fingerprint density at radius 1 is 1.33 bits per heavy atom. The van der Waals surface area contributed by atoms with E-state index in [4.69, 9.17) is 4.55 Å². The zero-order chi connectivity index (χ0) is 9.45. The third-order valence-electron chi connectivity index (χ3n) is 1.32. The van der Waals surface area contributed by atoms with Gasteiger partial charge in [-0.3, -0.25) is 0 Å². The number of piperazine rings is 1. The van der Waals surface area contributed by atoms with Crippen LogP contribution in [0.25, 0.3) is 0 Å². The summed E-state index contributed by atoms with van der Waals surface area (Å²) in [4.78, 5) is 0. The van der Waals surface area contributed by atoms with Gasteiger partial charge in [-0.15, -0.1) is 0 Å². The number of hydrogen-bond donors (Lipinski definition) is 3. The molecule has 0 bridgehead atoms. The molecule has 4 nitrogen and oxygen atoms in total. The molecule has 3 N–H and O–H groups in total. The topological polar surface area (TPSA) is 61.4 Å². The van der Waals surface area contributed by atoms with Gasteiger partial charge in [-0.1, -0.05) is 6.92 Å². The molecule has 1 unspecified atom stereocenters. The van der Waals surface area contributed by atoms with Gasteiger partial charge in [0.15, 0.2) is 0 Å². The second-order valence-electron chi connectivity index (χ2n) is 2.37. The van der Waals surface area contributed by atoms with Gasteiger partial charge in [0.2, 0.25) is 0 Å². The van der Waals surface area contributed by atoms with Gasteiger partial charge in [-0.05, 0) is 0 Å². The Hall–Kier alpha value is 0.250. The van der Waals surface area contributed by atoms with Crippen molar-refractivity contribution in [1.82, 2.24) is 10.6 Å². The zero-order valence-electron chi connectivity index (χ0n) is 7.21. The van der Waals surface area contributed by atoms with Crippen molar-refractivity contribution < 1.29 is 8.76 Å². The minimum absolute atomic E-state index is 0.169. The molecule has 0 radical (unpaired) electrons. The molecule has 1 atom stereocenters. The van der Waals surface area contributed by atoms with Crippen LogP contribution in [0.1, 0.15) is 6.92 Å². The monoisotopic (exact) mass is 212 g/mol. The summed E-state index contributed by atoms with van der Waals surface area (Å²) in [7, 11) is -2.83. The predicted molar refractivity (Wildman–Crippen MR) is 54.4 cm³/mol. The average molecular weight is 212 g/mol. The molecule has 0 saturated carbocycles. The first-order chi connectivity index (χ1) is 5.56. The molecule has 0 aromatic carbocycles. The largest absolute Gasteiger partial charge is 0.314 e. The Balaban J connectivity index is 0.000000202. The van der Waals surface area contributed by atoms with Gasteiger partial charge < -0.3 is 15.2 Å². The maximum Gasteiger partial charge on any atom is 0.141 e. The van der Waals surface area contributed by atoms with Crippen molar-refractivity contribution in [2.24, 2.45) is 0 Å². The lowest BCUT2D eigenvalue weighted by Crippen LogP contribution is -2.39. The molecule has 1 fully saturated rings. The Morgan fingerprint density at radius 2 is 1.58 bits per heavy atom. The highest BCUT2D eigenvalue weighted by Crippen LogP contribution is 1.76. The Labute approximate surface area is 78.6 Å². The van der Waals surface area contributed by atoms with Gasteiger partial charge >= 0.3 is 0 Å². The van der Waals surface area contributed by atoms with E-state index in [1.807, 2.05) is 0 Å². The summed E-state index contributed by atoms with van der Waals surface area (Å²) in [5.41, 5.74) is 0. The lowest BCUT2D eigenvalue weighted by molar-refractivity contribution is 0.534. The summed E-state index contributed by atoms with van der Waals surface area (Å²) in [6, 6.07) is 0. The normalized spacial score (nSPS) is 21.8. The molecule has 0 aliphatic carbocycles. The van der Waals surface area contributed by atoms with E-state index in [9.17, 15) is 4.21 Å². The van der Waals surface area contributed by atoms with Crippen LogP contribution in [0, 0.1) is 0 Å². The van der Waals surface area contributed by atoms with Crippen LogP contribution in [0.5, 0.6) is 0 Å². The van der Waals surface area contributed by atoms with E-state index in [0.29, 0.717) is 0 Å². The number of hydrogen-bond acceptors (Lipinski definition) is 4. The Morgan fingerprint density at radius 3 is 1.67 bits per heavy atom. The van der Waals surface area contributed by atoms with Crippen molar-refractivity contribution in [2.75, 3.05) is 31.9 Å². The highest BCUT2D eigenvalue weighted by atomic mass is 32.8.